The van der Waals surface area contributed by atoms with E-state index in [0.29, 0.717) is 30.5 Å². The molecule has 4 atom stereocenters. The van der Waals surface area contributed by atoms with Gasteiger partial charge in [0, 0.05) is 13.0 Å². The molecular weight excluding hydrogens is 276 g/mol. The predicted octanol–water partition coefficient (Wildman–Crippen LogP) is 2.24. The summed E-state index contributed by atoms with van der Waals surface area (Å²) in [6.45, 7) is 0.275. The Morgan fingerprint density at radius 1 is 1.30 bits per heavy atom. The Bertz CT molecular complexity index is 310. The average molecular weight is 302 g/mol. The minimum Gasteiger partial charge on any atom is -0.469 e. The summed E-state index contributed by atoms with van der Waals surface area (Å²) in [6.07, 6.45) is 6.58. The molecular formula is C15H26O4S. The number of hydrogen-bond donors (Lipinski definition) is 1. The van der Waals surface area contributed by atoms with Gasteiger partial charge in [-0.2, -0.15) is 11.8 Å². The quantitative estimate of drug-likeness (QED) is 0.523. The summed E-state index contributed by atoms with van der Waals surface area (Å²) in [7, 11) is 1.44. The van der Waals surface area contributed by atoms with Crippen molar-refractivity contribution >= 4 is 17.7 Å². The average Bonchev–Trinajstić information content (AvgIpc) is 3.05. The van der Waals surface area contributed by atoms with E-state index in [2.05, 4.69) is 4.74 Å². The van der Waals surface area contributed by atoms with Gasteiger partial charge in [0.15, 0.2) is 0 Å². The molecule has 2 aliphatic rings. The number of unbranched alkanes of at least 4 members (excludes halogenated alkanes) is 1. The lowest BCUT2D eigenvalue weighted by molar-refractivity contribution is -0.140. The first-order valence-corrected chi connectivity index (χ1v) is 8.82. The first kappa shape index (κ1) is 16.1. The number of rotatable bonds is 9. The van der Waals surface area contributed by atoms with Crippen LogP contribution in [0.3, 0.4) is 0 Å². The van der Waals surface area contributed by atoms with Gasteiger partial charge < -0.3 is 14.6 Å². The second kappa shape index (κ2) is 8.25. The molecule has 20 heavy (non-hydrogen) atoms. The van der Waals surface area contributed by atoms with Crippen LogP contribution in [0.5, 0.6) is 0 Å². The number of methoxy groups -OCH3 is 1. The molecule has 2 heterocycles. The van der Waals surface area contributed by atoms with Crippen molar-refractivity contribution in [2.24, 2.45) is 11.8 Å². The summed E-state index contributed by atoms with van der Waals surface area (Å²) in [5.41, 5.74) is 0. The summed E-state index contributed by atoms with van der Waals surface area (Å²) in [5.74, 6) is 3.29. The van der Waals surface area contributed by atoms with Crippen LogP contribution in [0.15, 0.2) is 0 Å². The maximum Gasteiger partial charge on any atom is 0.305 e. The van der Waals surface area contributed by atoms with Gasteiger partial charge in [-0.15, -0.1) is 0 Å². The maximum atomic E-state index is 11.0. The van der Waals surface area contributed by atoms with Gasteiger partial charge in [0.1, 0.15) is 0 Å². The first-order valence-electron chi connectivity index (χ1n) is 7.67. The molecule has 2 bridgehead atoms. The number of ether oxygens (including phenoxy) is 2. The monoisotopic (exact) mass is 302 g/mol. The van der Waals surface area contributed by atoms with Crippen LogP contribution >= 0.6 is 11.8 Å². The number of aliphatic hydroxyl groups is 1. The largest absolute Gasteiger partial charge is 0.469 e. The molecule has 1 N–H and O–H groups in total. The molecule has 2 rings (SSSR count). The van der Waals surface area contributed by atoms with E-state index in [-0.39, 0.29) is 12.6 Å². The van der Waals surface area contributed by atoms with Gasteiger partial charge in [0.2, 0.25) is 0 Å². The Morgan fingerprint density at radius 2 is 2.05 bits per heavy atom. The lowest BCUT2D eigenvalue weighted by Crippen LogP contribution is -2.29. The smallest absolute Gasteiger partial charge is 0.305 e. The number of fused-ring (bicyclic) bond motifs is 2. The molecule has 2 fully saturated rings. The SMILES string of the molecule is COC(=O)CCCCSCC1C2CCC(O2)C1CCO. The van der Waals surface area contributed by atoms with E-state index in [9.17, 15) is 9.90 Å². The van der Waals surface area contributed by atoms with Crippen molar-refractivity contribution in [3.8, 4) is 0 Å². The molecule has 2 aliphatic heterocycles. The minimum absolute atomic E-state index is 0.112. The molecule has 0 aromatic heterocycles. The van der Waals surface area contributed by atoms with E-state index in [4.69, 9.17) is 4.74 Å². The van der Waals surface area contributed by atoms with Crippen molar-refractivity contribution < 1.29 is 19.4 Å². The Hall–Kier alpha value is -0.260. The van der Waals surface area contributed by atoms with Gasteiger partial charge in [-0.1, -0.05) is 0 Å². The number of carbonyl (C=O) groups excluding carboxylic acids is 1. The van der Waals surface area contributed by atoms with Crippen molar-refractivity contribution in [3.05, 3.63) is 0 Å². The molecule has 0 aromatic carbocycles. The molecule has 0 saturated carbocycles. The van der Waals surface area contributed by atoms with Crippen LogP contribution in [-0.4, -0.2) is 48.5 Å². The molecule has 116 valence electrons. The topological polar surface area (TPSA) is 55.8 Å². The molecule has 0 amide bonds. The molecule has 4 nitrogen and oxygen atoms in total. The second-order valence-electron chi connectivity index (χ2n) is 5.74. The van der Waals surface area contributed by atoms with Crippen LogP contribution in [0.25, 0.3) is 0 Å². The minimum atomic E-state index is -0.112. The molecule has 0 spiro atoms. The highest BCUT2D eigenvalue weighted by atomic mass is 32.2. The lowest BCUT2D eigenvalue weighted by Gasteiger charge is -2.27. The molecule has 2 saturated heterocycles. The van der Waals surface area contributed by atoms with Gasteiger partial charge in [-0.25, -0.2) is 0 Å². The number of hydrogen-bond acceptors (Lipinski definition) is 5. The first-order chi connectivity index (χ1) is 9.76. The van der Waals surface area contributed by atoms with Crippen LogP contribution in [0.4, 0.5) is 0 Å². The van der Waals surface area contributed by atoms with Gasteiger partial charge in [-0.3, -0.25) is 4.79 Å². The Morgan fingerprint density at radius 3 is 2.75 bits per heavy atom. The fourth-order valence-corrected chi connectivity index (χ4v) is 4.75. The third kappa shape index (κ3) is 4.12. The van der Waals surface area contributed by atoms with Crippen molar-refractivity contribution in [1.82, 2.24) is 0 Å². The van der Waals surface area contributed by atoms with Crippen LogP contribution in [0.1, 0.15) is 38.5 Å². The Labute approximate surface area is 125 Å². The molecule has 4 unspecified atom stereocenters. The van der Waals surface area contributed by atoms with Crippen molar-refractivity contribution in [2.75, 3.05) is 25.2 Å². The van der Waals surface area contributed by atoms with Gasteiger partial charge in [0.05, 0.1) is 19.3 Å². The summed E-state index contributed by atoms with van der Waals surface area (Å²) in [5, 5.41) is 9.18. The maximum absolute atomic E-state index is 11.0. The number of aliphatic hydroxyl groups excluding tert-OH is 1. The third-order valence-corrected chi connectivity index (χ3v) is 5.71. The molecule has 0 radical (unpaired) electrons. The van der Waals surface area contributed by atoms with Gasteiger partial charge in [-0.05, 0) is 55.4 Å². The summed E-state index contributed by atoms with van der Waals surface area (Å²) < 4.78 is 10.6. The van der Waals surface area contributed by atoms with Crippen molar-refractivity contribution in [3.63, 3.8) is 0 Å². The van der Waals surface area contributed by atoms with Crippen LogP contribution in [0.2, 0.25) is 0 Å². The van der Waals surface area contributed by atoms with Crippen molar-refractivity contribution in [2.45, 2.75) is 50.7 Å². The fourth-order valence-electron chi connectivity index (χ4n) is 3.45. The highest BCUT2D eigenvalue weighted by molar-refractivity contribution is 7.99. The zero-order chi connectivity index (χ0) is 14.4. The van der Waals surface area contributed by atoms with Gasteiger partial charge >= 0.3 is 5.97 Å². The van der Waals surface area contributed by atoms with Crippen LogP contribution in [0, 0.1) is 11.8 Å². The zero-order valence-corrected chi connectivity index (χ0v) is 13.1. The van der Waals surface area contributed by atoms with Crippen LogP contribution < -0.4 is 0 Å². The van der Waals surface area contributed by atoms with Crippen molar-refractivity contribution in [1.29, 1.82) is 0 Å². The third-order valence-electron chi connectivity index (χ3n) is 4.51. The van der Waals surface area contributed by atoms with E-state index in [0.717, 1.165) is 30.8 Å². The van der Waals surface area contributed by atoms with E-state index < -0.39 is 0 Å². The molecule has 0 aliphatic carbocycles. The Balaban J connectivity index is 1.60. The number of carbonyl (C=O) groups is 1. The standard InChI is InChI=1S/C15H26O4S/c1-18-15(17)4-2-3-9-20-10-12-11(7-8-16)13-5-6-14(12)19-13/h11-14,16H,2-10H2,1H3. The zero-order valence-electron chi connectivity index (χ0n) is 12.3. The van der Waals surface area contributed by atoms with E-state index in [1.54, 1.807) is 0 Å². The molecule has 5 heteroatoms. The van der Waals surface area contributed by atoms with E-state index in [1.807, 2.05) is 11.8 Å². The van der Waals surface area contributed by atoms with E-state index >= 15 is 0 Å². The fraction of sp³-hybridized carbons (Fsp3) is 0.933. The second-order valence-corrected chi connectivity index (χ2v) is 6.89. The summed E-state index contributed by atoms with van der Waals surface area (Å²) >= 11 is 1.97. The highest BCUT2D eigenvalue weighted by Gasteiger charge is 2.47. The van der Waals surface area contributed by atoms with Gasteiger partial charge in [0.25, 0.3) is 0 Å². The highest BCUT2D eigenvalue weighted by Crippen LogP contribution is 2.46. The normalized spacial score (nSPS) is 31.7. The predicted molar refractivity (Wildman–Crippen MR) is 79.8 cm³/mol. The summed E-state index contributed by atoms with van der Waals surface area (Å²) in [6, 6.07) is 0. The number of esters is 1. The number of thioether (sulfide) groups is 1. The van der Waals surface area contributed by atoms with Crippen LogP contribution in [-0.2, 0) is 14.3 Å². The molecule has 0 aromatic rings. The lowest BCUT2D eigenvalue weighted by atomic mass is 9.79. The van der Waals surface area contributed by atoms with E-state index in [1.165, 1.54) is 20.0 Å². The summed E-state index contributed by atoms with van der Waals surface area (Å²) in [4.78, 5) is 11.0. The Kier molecular flexibility index (Phi) is 6.65.